The molecule has 4 rings (SSSR count). The summed E-state index contributed by atoms with van der Waals surface area (Å²) in [7, 11) is 0. The van der Waals surface area contributed by atoms with E-state index in [1.165, 1.54) is 6.08 Å². The van der Waals surface area contributed by atoms with E-state index in [-0.39, 0.29) is 17.9 Å². The van der Waals surface area contributed by atoms with E-state index in [4.69, 9.17) is 0 Å². The van der Waals surface area contributed by atoms with E-state index < -0.39 is 0 Å². The normalized spacial score (nSPS) is 18.8. The molecule has 146 valence electrons. The van der Waals surface area contributed by atoms with E-state index in [9.17, 15) is 9.59 Å². The summed E-state index contributed by atoms with van der Waals surface area (Å²) < 4.78 is 3.14. The summed E-state index contributed by atoms with van der Waals surface area (Å²) >= 11 is 3.50. The molecule has 8 heteroatoms. The number of carbonyl (C=O) groups is 2. The van der Waals surface area contributed by atoms with E-state index in [1.807, 2.05) is 12.1 Å². The SMILES string of the molecule is C=CC(=O)N1CCCC1C(=O)N1CCn2c(Cc3cccc(Br)c3)nnc2C1. The molecular formula is C20H22BrN5O2. The number of hydrogen-bond donors (Lipinski definition) is 0. The highest BCUT2D eigenvalue weighted by molar-refractivity contribution is 9.10. The molecule has 7 nitrogen and oxygen atoms in total. The van der Waals surface area contributed by atoms with Crippen molar-refractivity contribution in [3.05, 3.63) is 58.6 Å². The zero-order chi connectivity index (χ0) is 19.7. The van der Waals surface area contributed by atoms with Gasteiger partial charge in [0.1, 0.15) is 11.9 Å². The fourth-order valence-corrected chi connectivity index (χ4v) is 4.43. The molecular weight excluding hydrogens is 422 g/mol. The number of rotatable bonds is 4. The second-order valence-electron chi connectivity index (χ2n) is 7.14. The van der Waals surface area contributed by atoms with Crippen molar-refractivity contribution in [2.24, 2.45) is 0 Å². The monoisotopic (exact) mass is 443 g/mol. The van der Waals surface area contributed by atoms with Gasteiger partial charge in [-0.25, -0.2) is 0 Å². The van der Waals surface area contributed by atoms with E-state index >= 15 is 0 Å². The Morgan fingerprint density at radius 1 is 1.25 bits per heavy atom. The molecule has 2 aliphatic rings. The largest absolute Gasteiger partial charge is 0.332 e. The van der Waals surface area contributed by atoms with Crippen LogP contribution in [0.15, 0.2) is 41.4 Å². The minimum atomic E-state index is -0.388. The van der Waals surface area contributed by atoms with Gasteiger partial charge in [0.05, 0.1) is 6.54 Å². The first-order valence-electron chi connectivity index (χ1n) is 9.44. The lowest BCUT2D eigenvalue weighted by Crippen LogP contribution is -2.49. The number of likely N-dealkylation sites (tertiary alicyclic amines) is 1. The van der Waals surface area contributed by atoms with Crippen LogP contribution in [0.4, 0.5) is 0 Å². The summed E-state index contributed by atoms with van der Waals surface area (Å²) in [6.45, 7) is 5.85. The van der Waals surface area contributed by atoms with Gasteiger partial charge in [-0.1, -0.05) is 34.6 Å². The van der Waals surface area contributed by atoms with Crippen molar-refractivity contribution in [1.82, 2.24) is 24.6 Å². The van der Waals surface area contributed by atoms with E-state index in [0.717, 1.165) is 28.1 Å². The molecule has 2 aromatic rings. The Morgan fingerprint density at radius 3 is 2.89 bits per heavy atom. The number of hydrogen-bond acceptors (Lipinski definition) is 4. The number of fused-ring (bicyclic) bond motifs is 1. The van der Waals surface area contributed by atoms with Gasteiger partial charge in [-0.3, -0.25) is 9.59 Å². The third kappa shape index (κ3) is 3.61. The zero-order valence-electron chi connectivity index (χ0n) is 15.6. The predicted octanol–water partition coefficient (Wildman–Crippen LogP) is 2.15. The van der Waals surface area contributed by atoms with Crippen LogP contribution < -0.4 is 0 Å². The van der Waals surface area contributed by atoms with E-state index in [1.54, 1.807) is 9.80 Å². The van der Waals surface area contributed by atoms with Gasteiger partial charge in [-0.2, -0.15) is 0 Å². The highest BCUT2D eigenvalue weighted by Crippen LogP contribution is 2.23. The summed E-state index contributed by atoms with van der Waals surface area (Å²) in [4.78, 5) is 28.5. The van der Waals surface area contributed by atoms with Crippen molar-refractivity contribution in [3.63, 3.8) is 0 Å². The Hall–Kier alpha value is -2.48. The number of nitrogens with zero attached hydrogens (tertiary/aromatic N) is 5. The highest BCUT2D eigenvalue weighted by atomic mass is 79.9. The van der Waals surface area contributed by atoms with Crippen LogP contribution in [0.5, 0.6) is 0 Å². The molecule has 0 spiro atoms. The molecule has 0 N–H and O–H groups in total. The zero-order valence-corrected chi connectivity index (χ0v) is 17.1. The Labute approximate surface area is 172 Å². The first-order valence-corrected chi connectivity index (χ1v) is 10.2. The first-order chi connectivity index (χ1) is 13.6. The smallest absolute Gasteiger partial charge is 0.246 e. The molecule has 1 saturated heterocycles. The van der Waals surface area contributed by atoms with Gasteiger partial charge in [0.2, 0.25) is 11.8 Å². The molecule has 28 heavy (non-hydrogen) atoms. The number of halogens is 1. The minimum absolute atomic E-state index is 0.00418. The number of aromatic nitrogens is 3. The lowest BCUT2D eigenvalue weighted by molar-refractivity contribution is -0.142. The summed E-state index contributed by atoms with van der Waals surface area (Å²) in [5, 5.41) is 8.67. The van der Waals surface area contributed by atoms with Crippen LogP contribution in [0.2, 0.25) is 0 Å². The Kier molecular flexibility index (Phi) is 5.30. The summed E-state index contributed by atoms with van der Waals surface area (Å²) in [5.41, 5.74) is 1.16. The molecule has 3 heterocycles. The molecule has 0 radical (unpaired) electrons. The van der Waals surface area contributed by atoms with Crippen molar-refractivity contribution in [2.75, 3.05) is 13.1 Å². The van der Waals surface area contributed by atoms with Crippen LogP contribution in [0, 0.1) is 0 Å². The third-order valence-corrected chi connectivity index (χ3v) is 5.88. The average molecular weight is 444 g/mol. The summed E-state index contributed by atoms with van der Waals surface area (Å²) in [5.74, 6) is 1.52. The Balaban J connectivity index is 1.47. The molecule has 0 bridgehead atoms. The van der Waals surface area contributed by atoms with Crippen LogP contribution in [-0.2, 0) is 29.1 Å². The molecule has 0 saturated carbocycles. The number of benzene rings is 1. The molecule has 0 aliphatic carbocycles. The predicted molar refractivity (Wildman–Crippen MR) is 107 cm³/mol. The second kappa shape index (κ2) is 7.87. The van der Waals surface area contributed by atoms with Crippen molar-refractivity contribution < 1.29 is 9.59 Å². The second-order valence-corrected chi connectivity index (χ2v) is 8.06. The van der Waals surface area contributed by atoms with Crippen LogP contribution >= 0.6 is 15.9 Å². The fourth-order valence-electron chi connectivity index (χ4n) is 3.98. The minimum Gasteiger partial charge on any atom is -0.332 e. The average Bonchev–Trinajstić information content (AvgIpc) is 3.34. The lowest BCUT2D eigenvalue weighted by Gasteiger charge is -2.32. The van der Waals surface area contributed by atoms with E-state index in [2.05, 4.69) is 49.4 Å². The van der Waals surface area contributed by atoms with Gasteiger partial charge < -0.3 is 14.4 Å². The molecule has 2 aliphatic heterocycles. The maximum Gasteiger partial charge on any atom is 0.246 e. The quantitative estimate of drug-likeness (QED) is 0.678. The van der Waals surface area contributed by atoms with Gasteiger partial charge >= 0.3 is 0 Å². The van der Waals surface area contributed by atoms with Crippen LogP contribution in [0.1, 0.15) is 30.1 Å². The lowest BCUT2D eigenvalue weighted by atomic mass is 10.1. The summed E-state index contributed by atoms with van der Waals surface area (Å²) in [6.07, 6.45) is 3.53. The number of carbonyl (C=O) groups excluding carboxylic acids is 2. The fraction of sp³-hybridized carbons (Fsp3) is 0.400. The van der Waals surface area contributed by atoms with Gasteiger partial charge in [-0.15, -0.1) is 10.2 Å². The topological polar surface area (TPSA) is 71.3 Å². The Morgan fingerprint density at radius 2 is 2.11 bits per heavy atom. The van der Waals surface area contributed by atoms with Gasteiger partial charge in [0.25, 0.3) is 0 Å². The third-order valence-electron chi connectivity index (χ3n) is 5.39. The van der Waals surface area contributed by atoms with Gasteiger partial charge in [0, 0.05) is 30.5 Å². The first kappa shape index (κ1) is 18.9. The van der Waals surface area contributed by atoms with Crippen molar-refractivity contribution in [3.8, 4) is 0 Å². The van der Waals surface area contributed by atoms with Crippen molar-refractivity contribution in [1.29, 1.82) is 0 Å². The maximum absolute atomic E-state index is 13.0. The van der Waals surface area contributed by atoms with Crippen LogP contribution in [-0.4, -0.2) is 55.5 Å². The van der Waals surface area contributed by atoms with Crippen molar-refractivity contribution >= 4 is 27.7 Å². The van der Waals surface area contributed by atoms with Crippen LogP contribution in [0.3, 0.4) is 0 Å². The number of amides is 2. The molecule has 1 fully saturated rings. The van der Waals surface area contributed by atoms with Gasteiger partial charge in [0.15, 0.2) is 5.82 Å². The Bertz CT molecular complexity index is 925. The molecule has 2 amide bonds. The van der Waals surface area contributed by atoms with Crippen molar-refractivity contribution in [2.45, 2.75) is 38.4 Å². The molecule has 1 aromatic carbocycles. The molecule has 1 atom stereocenters. The highest BCUT2D eigenvalue weighted by Gasteiger charge is 2.37. The standard InChI is InChI=1S/C20H22BrN5O2/c1-2-19(27)25-8-4-7-16(25)20(28)24-9-10-26-17(22-23-18(26)13-24)12-14-5-3-6-15(21)11-14/h2-3,5-6,11,16H,1,4,7-10,12-13H2. The summed E-state index contributed by atoms with van der Waals surface area (Å²) in [6, 6.07) is 7.75. The molecule has 1 unspecified atom stereocenters. The molecule has 1 aromatic heterocycles. The van der Waals surface area contributed by atoms with E-state index in [0.29, 0.717) is 39.0 Å². The van der Waals surface area contributed by atoms with Gasteiger partial charge in [-0.05, 0) is 36.6 Å². The van der Waals surface area contributed by atoms with Crippen LogP contribution in [0.25, 0.3) is 0 Å². The maximum atomic E-state index is 13.0.